The Balaban J connectivity index is 2.67. The van der Waals surface area contributed by atoms with E-state index in [1.54, 1.807) is 17.8 Å². The molecule has 0 saturated heterocycles. The SMILES string of the molecule is CCC(CCBr)NC(=O)c1cc(C)nn1C. The van der Waals surface area contributed by atoms with E-state index in [9.17, 15) is 4.79 Å². The normalized spacial score (nSPS) is 12.5. The van der Waals surface area contributed by atoms with Gasteiger partial charge in [0.1, 0.15) is 5.69 Å². The predicted octanol–water partition coefficient (Wildman–Crippen LogP) is 2.02. The number of nitrogens with one attached hydrogen (secondary N) is 1. The Kier molecular flexibility index (Phi) is 4.99. The molecule has 4 nitrogen and oxygen atoms in total. The zero-order valence-corrected chi connectivity index (χ0v) is 11.5. The lowest BCUT2D eigenvalue weighted by Crippen LogP contribution is -2.35. The number of aromatic nitrogens is 2. The first kappa shape index (κ1) is 13.2. The Morgan fingerprint density at radius 1 is 1.69 bits per heavy atom. The highest BCUT2D eigenvalue weighted by Crippen LogP contribution is 2.05. The molecule has 0 aliphatic rings. The molecule has 0 aliphatic heterocycles. The second-order valence-corrected chi connectivity index (χ2v) is 4.64. The number of carbonyl (C=O) groups is 1. The summed E-state index contributed by atoms with van der Waals surface area (Å²) in [7, 11) is 1.79. The second kappa shape index (κ2) is 6.03. The number of amides is 1. The maximum absolute atomic E-state index is 11.9. The molecule has 0 spiro atoms. The van der Waals surface area contributed by atoms with E-state index >= 15 is 0 Å². The number of hydrogen-bond donors (Lipinski definition) is 1. The zero-order valence-electron chi connectivity index (χ0n) is 9.96. The van der Waals surface area contributed by atoms with Crippen molar-refractivity contribution in [3.8, 4) is 0 Å². The van der Waals surface area contributed by atoms with Gasteiger partial charge in [-0.25, -0.2) is 0 Å². The molecule has 1 N–H and O–H groups in total. The molecule has 0 radical (unpaired) electrons. The van der Waals surface area contributed by atoms with Gasteiger partial charge in [0.15, 0.2) is 0 Å². The number of nitrogens with zero attached hydrogens (tertiary/aromatic N) is 2. The third-order valence-electron chi connectivity index (χ3n) is 2.52. The maximum Gasteiger partial charge on any atom is 0.269 e. The van der Waals surface area contributed by atoms with Crippen molar-refractivity contribution in [3.05, 3.63) is 17.5 Å². The Bertz CT molecular complexity index is 362. The Labute approximate surface area is 105 Å². The Morgan fingerprint density at radius 3 is 2.81 bits per heavy atom. The molecule has 0 aromatic carbocycles. The molecule has 1 aromatic rings. The molecule has 0 aliphatic carbocycles. The van der Waals surface area contributed by atoms with Crippen molar-refractivity contribution in [2.75, 3.05) is 5.33 Å². The maximum atomic E-state index is 11.9. The van der Waals surface area contributed by atoms with Crippen LogP contribution in [0.25, 0.3) is 0 Å². The number of rotatable bonds is 5. The van der Waals surface area contributed by atoms with E-state index in [4.69, 9.17) is 0 Å². The summed E-state index contributed by atoms with van der Waals surface area (Å²) in [4.78, 5) is 11.9. The van der Waals surface area contributed by atoms with Crippen molar-refractivity contribution in [2.24, 2.45) is 7.05 Å². The van der Waals surface area contributed by atoms with Gasteiger partial charge in [-0.2, -0.15) is 5.10 Å². The summed E-state index contributed by atoms with van der Waals surface area (Å²) in [5.74, 6) is -0.0455. The minimum Gasteiger partial charge on any atom is -0.348 e. The summed E-state index contributed by atoms with van der Waals surface area (Å²) < 4.78 is 1.62. The van der Waals surface area contributed by atoms with Crippen LogP contribution in [0, 0.1) is 6.92 Å². The minimum atomic E-state index is -0.0455. The van der Waals surface area contributed by atoms with Crippen LogP contribution < -0.4 is 5.32 Å². The van der Waals surface area contributed by atoms with Crippen molar-refractivity contribution in [1.82, 2.24) is 15.1 Å². The molecule has 1 aromatic heterocycles. The third-order valence-corrected chi connectivity index (χ3v) is 2.98. The van der Waals surface area contributed by atoms with Gasteiger partial charge in [0.25, 0.3) is 5.91 Å². The van der Waals surface area contributed by atoms with Crippen LogP contribution in [-0.4, -0.2) is 27.1 Å². The fourth-order valence-electron chi connectivity index (χ4n) is 1.59. The van der Waals surface area contributed by atoms with Crippen LogP contribution in [0.2, 0.25) is 0 Å². The number of halogens is 1. The van der Waals surface area contributed by atoms with E-state index in [1.807, 2.05) is 6.92 Å². The van der Waals surface area contributed by atoms with Gasteiger partial charge in [-0.15, -0.1) is 0 Å². The lowest BCUT2D eigenvalue weighted by Gasteiger charge is -2.15. The minimum absolute atomic E-state index is 0.0455. The monoisotopic (exact) mass is 287 g/mol. The van der Waals surface area contributed by atoms with Gasteiger partial charge in [-0.05, 0) is 25.8 Å². The standard InChI is InChI=1S/C11H18BrN3O/c1-4-9(5-6-12)13-11(16)10-7-8(2)14-15(10)3/h7,9H,4-6H2,1-3H3,(H,13,16). The first-order valence-corrected chi connectivity index (χ1v) is 6.58. The lowest BCUT2D eigenvalue weighted by atomic mass is 10.1. The molecule has 0 fully saturated rings. The highest BCUT2D eigenvalue weighted by Gasteiger charge is 2.15. The largest absolute Gasteiger partial charge is 0.348 e. The molecule has 90 valence electrons. The molecule has 1 amide bonds. The number of carbonyl (C=O) groups excluding carboxylic acids is 1. The first-order chi connectivity index (χ1) is 7.58. The van der Waals surface area contributed by atoms with Crippen molar-refractivity contribution in [2.45, 2.75) is 32.7 Å². The number of aryl methyl sites for hydroxylation is 2. The van der Waals surface area contributed by atoms with E-state index in [-0.39, 0.29) is 11.9 Å². The average Bonchev–Trinajstić information content (AvgIpc) is 2.57. The average molecular weight is 288 g/mol. The summed E-state index contributed by atoms with van der Waals surface area (Å²) in [5, 5.41) is 8.07. The Hall–Kier alpha value is -0.840. The van der Waals surface area contributed by atoms with E-state index in [1.165, 1.54) is 0 Å². The van der Waals surface area contributed by atoms with Crippen LogP contribution in [0.15, 0.2) is 6.07 Å². The molecule has 1 atom stereocenters. The summed E-state index contributed by atoms with van der Waals surface area (Å²) in [6, 6.07) is 2.03. The fourth-order valence-corrected chi connectivity index (χ4v) is 2.15. The molecule has 0 bridgehead atoms. The summed E-state index contributed by atoms with van der Waals surface area (Å²) in [6.07, 6.45) is 1.88. The third kappa shape index (κ3) is 3.33. The topological polar surface area (TPSA) is 46.9 Å². The first-order valence-electron chi connectivity index (χ1n) is 5.46. The van der Waals surface area contributed by atoms with Crippen LogP contribution in [0.4, 0.5) is 0 Å². The van der Waals surface area contributed by atoms with Gasteiger partial charge >= 0.3 is 0 Å². The molecule has 1 unspecified atom stereocenters. The van der Waals surface area contributed by atoms with E-state index < -0.39 is 0 Å². The lowest BCUT2D eigenvalue weighted by molar-refractivity contribution is 0.0925. The van der Waals surface area contributed by atoms with Crippen molar-refractivity contribution < 1.29 is 4.79 Å². The van der Waals surface area contributed by atoms with Crippen LogP contribution in [0.1, 0.15) is 35.9 Å². The Morgan fingerprint density at radius 2 is 2.38 bits per heavy atom. The summed E-state index contributed by atoms with van der Waals surface area (Å²) >= 11 is 3.39. The van der Waals surface area contributed by atoms with Gasteiger partial charge in [0, 0.05) is 18.4 Å². The fraction of sp³-hybridized carbons (Fsp3) is 0.636. The van der Waals surface area contributed by atoms with Gasteiger partial charge in [-0.1, -0.05) is 22.9 Å². The highest BCUT2D eigenvalue weighted by atomic mass is 79.9. The number of hydrogen-bond acceptors (Lipinski definition) is 2. The number of alkyl halides is 1. The van der Waals surface area contributed by atoms with Crippen LogP contribution >= 0.6 is 15.9 Å². The van der Waals surface area contributed by atoms with Gasteiger partial charge in [0.2, 0.25) is 0 Å². The predicted molar refractivity (Wildman–Crippen MR) is 67.9 cm³/mol. The van der Waals surface area contributed by atoms with Crippen molar-refractivity contribution >= 4 is 21.8 Å². The highest BCUT2D eigenvalue weighted by molar-refractivity contribution is 9.09. The quantitative estimate of drug-likeness (QED) is 0.843. The van der Waals surface area contributed by atoms with Gasteiger partial charge in [-0.3, -0.25) is 9.48 Å². The molecule has 1 heterocycles. The molecule has 16 heavy (non-hydrogen) atoms. The van der Waals surface area contributed by atoms with E-state index in [2.05, 4.69) is 33.3 Å². The summed E-state index contributed by atoms with van der Waals surface area (Å²) in [6.45, 7) is 3.95. The van der Waals surface area contributed by atoms with Gasteiger partial charge in [0.05, 0.1) is 5.69 Å². The zero-order chi connectivity index (χ0) is 12.1. The summed E-state index contributed by atoms with van der Waals surface area (Å²) in [5.41, 5.74) is 1.48. The van der Waals surface area contributed by atoms with Gasteiger partial charge < -0.3 is 5.32 Å². The van der Waals surface area contributed by atoms with E-state index in [0.717, 1.165) is 23.9 Å². The van der Waals surface area contributed by atoms with Crippen LogP contribution in [0.5, 0.6) is 0 Å². The molecule has 0 saturated carbocycles. The van der Waals surface area contributed by atoms with Crippen LogP contribution in [0.3, 0.4) is 0 Å². The molecular weight excluding hydrogens is 270 g/mol. The molecule has 1 rings (SSSR count). The van der Waals surface area contributed by atoms with E-state index in [0.29, 0.717) is 5.69 Å². The van der Waals surface area contributed by atoms with Crippen molar-refractivity contribution in [3.63, 3.8) is 0 Å². The van der Waals surface area contributed by atoms with Crippen molar-refractivity contribution in [1.29, 1.82) is 0 Å². The molecule has 5 heteroatoms. The van der Waals surface area contributed by atoms with Crippen LogP contribution in [-0.2, 0) is 7.05 Å². The second-order valence-electron chi connectivity index (χ2n) is 3.85. The molecular formula is C11H18BrN3O. The smallest absolute Gasteiger partial charge is 0.269 e.